The molecular weight excluding hydrogens is 222 g/mol. The first-order valence-electron chi connectivity index (χ1n) is 5.27. The molecule has 94 valence electrons. The predicted octanol–water partition coefficient (Wildman–Crippen LogP) is 0.491. The van der Waals surface area contributed by atoms with Gasteiger partial charge in [-0.05, 0) is 17.7 Å². The lowest BCUT2D eigenvalue weighted by Crippen LogP contribution is -2.28. The molecule has 5 heteroatoms. The van der Waals surface area contributed by atoms with Gasteiger partial charge in [-0.3, -0.25) is 4.79 Å². The van der Waals surface area contributed by atoms with Gasteiger partial charge in [0.05, 0.1) is 26.9 Å². The van der Waals surface area contributed by atoms with Crippen molar-refractivity contribution >= 4 is 5.97 Å². The minimum Gasteiger partial charge on any atom is -0.497 e. The predicted molar refractivity (Wildman–Crippen MR) is 62.8 cm³/mol. The van der Waals surface area contributed by atoms with Crippen LogP contribution in [0.3, 0.4) is 0 Å². The molecule has 1 atom stereocenters. The molecule has 1 rings (SSSR count). The Kier molecular flexibility index (Phi) is 5.45. The molecule has 1 aromatic rings. The monoisotopic (exact) mass is 239 g/mol. The maximum absolute atomic E-state index is 10.8. The molecule has 0 heterocycles. The van der Waals surface area contributed by atoms with Crippen molar-refractivity contribution in [3.8, 4) is 5.75 Å². The summed E-state index contributed by atoms with van der Waals surface area (Å²) < 4.78 is 9.49. The van der Waals surface area contributed by atoms with Crippen LogP contribution in [-0.4, -0.2) is 38.4 Å². The molecule has 0 aliphatic carbocycles. The Balaban J connectivity index is 2.40. The van der Waals surface area contributed by atoms with E-state index in [-0.39, 0.29) is 12.5 Å². The van der Waals surface area contributed by atoms with E-state index < -0.39 is 6.10 Å². The number of aliphatic hydroxyl groups is 1. The number of aliphatic hydroxyl groups excluding tert-OH is 1. The van der Waals surface area contributed by atoms with Crippen molar-refractivity contribution in [1.82, 2.24) is 5.32 Å². The Bertz CT molecular complexity index is 350. The molecule has 5 nitrogen and oxygen atoms in total. The summed E-state index contributed by atoms with van der Waals surface area (Å²) >= 11 is 0. The van der Waals surface area contributed by atoms with Crippen LogP contribution in [-0.2, 0) is 9.53 Å². The number of carbonyl (C=O) groups excluding carboxylic acids is 1. The average molecular weight is 239 g/mol. The highest BCUT2D eigenvalue weighted by Crippen LogP contribution is 2.16. The molecule has 0 amide bonds. The van der Waals surface area contributed by atoms with E-state index in [4.69, 9.17) is 4.74 Å². The quantitative estimate of drug-likeness (QED) is 0.707. The van der Waals surface area contributed by atoms with Crippen LogP contribution in [0.1, 0.15) is 11.7 Å². The molecule has 2 N–H and O–H groups in total. The maximum atomic E-state index is 10.8. The summed E-state index contributed by atoms with van der Waals surface area (Å²) in [6, 6.07) is 7.12. The second kappa shape index (κ2) is 6.88. The Morgan fingerprint density at radius 2 is 2.00 bits per heavy atom. The lowest BCUT2D eigenvalue weighted by atomic mass is 10.1. The van der Waals surface area contributed by atoms with Gasteiger partial charge >= 0.3 is 5.97 Å². The molecule has 0 radical (unpaired) electrons. The van der Waals surface area contributed by atoms with E-state index in [1.807, 2.05) is 0 Å². The minimum atomic E-state index is -0.662. The summed E-state index contributed by atoms with van der Waals surface area (Å²) in [6.07, 6.45) is -0.662. The van der Waals surface area contributed by atoms with Crippen molar-refractivity contribution in [3.63, 3.8) is 0 Å². The highest BCUT2D eigenvalue weighted by Gasteiger charge is 2.08. The highest BCUT2D eigenvalue weighted by atomic mass is 16.5. The SMILES string of the molecule is COC(=O)CNCC(O)c1ccc(OC)cc1. The number of benzene rings is 1. The van der Waals surface area contributed by atoms with Crippen LogP contribution < -0.4 is 10.1 Å². The van der Waals surface area contributed by atoms with Crippen LogP contribution in [0.15, 0.2) is 24.3 Å². The van der Waals surface area contributed by atoms with E-state index in [0.29, 0.717) is 6.54 Å². The third-order valence-corrected chi connectivity index (χ3v) is 2.34. The summed E-state index contributed by atoms with van der Waals surface area (Å²) in [5.74, 6) is 0.385. The molecule has 0 fully saturated rings. The van der Waals surface area contributed by atoms with E-state index in [1.165, 1.54) is 7.11 Å². The summed E-state index contributed by atoms with van der Waals surface area (Å²) in [5.41, 5.74) is 0.767. The van der Waals surface area contributed by atoms with Crippen molar-refractivity contribution in [1.29, 1.82) is 0 Å². The molecule has 0 saturated carbocycles. The number of hydrogen-bond donors (Lipinski definition) is 2. The lowest BCUT2D eigenvalue weighted by Gasteiger charge is -2.12. The summed E-state index contributed by atoms with van der Waals surface area (Å²) in [4.78, 5) is 10.8. The zero-order valence-corrected chi connectivity index (χ0v) is 9.97. The van der Waals surface area contributed by atoms with E-state index in [0.717, 1.165) is 11.3 Å². The molecule has 17 heavy (non-hydrogen) atoms. The van der Waals surface area contributed by atoms with Gasteiger partial charge in [0.1, 0.15) is 5.75 Å². The summed E-state index contributed by atoms with van der Waals surface area (Å²) in [5, 5.41) is 12.6. The number of ether oxygens (including phenoxy) is 2. The van der Waals surface area contributed by atoms with Gasteiger partial charge in [0.25, 0.3) is 0 Å². The fraction of sp³-hybridized carbons (Fsp3) is 0.417. The van der Waals surface area contributed by atoms with Crippen LogP contribution >= 0.6 is 0 Å². The number of carbonyl (C=O) groups is 1. The van der Waals surface area contributed by atoms with Crippen molar-refractivity contribution in [2.24, 2.45) is 0 Å². The molecular formula is C12H17NO4. The number of methoxy groups -OCH3 is 2. The largest absolute Gasteiger partial charge is 0.497 e. The van der Waals surface area contributed by atoms with E-state index in [9.17, 15) is 9.90 Å². The van der Waals surface area contributed by atoms with Gasteiger partial charge in [0.15, 0.2) is 0 Å². The molecule has 1 aromatic carbocycles. The molecule has 1 unspecified atom stereocenters. The van der Waals surface area contributed by atoms with E-state index in [2.05, 4.69) is 10.1 Å². The molecule has 0 saturated heterocycles. The zero-order chi connectivity index (χ0) is 12.7. The van der Waals surface area contributed by atoms with Crippen LogP contribution in [0.25, 0.3) is 0 Å². The first kappa shape index (κ1) is 13.5. The van der Waals surface area contributed by atoms with Gasteiger partial charge in [-0.15, -0.1) is 0 Å². The number of nitrogens with one attached hydrogen (secondary N) is 1. The van der Waals surface area contributed by atoms with Crippen LogP contribution in [0.2, 0.25) is 0 Å². The Hall–Kier alpha value is -1.59. The summed E-state index contributed by atoms with van der Waals surface area (Å²) in [7, 11) is 2.91. The highest BCUT2D eigenvalue weighted by molar-refractivity contribution is 5.71. The van der Waals surface area contributed by atoms with Gasteiger partial charge in [-0.25, -0.2) is 0 Å². The molecule has 0 spiro atoms. The molecule has 0 aromatic heterocycles. The Morgan fingerprint density at radius 3 is 2.53 bits per heavy atom. The van der Waals surface area contributed by atoms with Crippen LogP contribution in [0, 0.1) is 0 Å². The van der Waals surface area contributed by atoms with Crippen molar-refractivity contribution in [2.45, 2.75) is 6.10 Å². The Morgan fingerprint density at radius 1 is 1.35 bits per heavy atom. The normalized spacial score (nSPS) is 11.9. The smallest absolute Gasteiger partial charge is 0.319 e. The zero-order valence-electron chi connectivity index (χ0n) is 9.97. The number of rotatable bonds is 6. The maximum Gasteiger partial charge on any atom is 0.319 e. The van der Waals surface area contributed by atoms with Gasteiger partial charge in [-0.2, -0.15) is 0 Å². The molecule has 0 aliphatic rings. The second-order valence-electron chi connectivity index (χ2n) is 3.50. The topological polar surface area (TPSA) is 67.8 Å². The lowest BCUT2D eigenvalue weighted by molar-refractivity contribution is -0.139. The molecule has 0 bridgehead atoms. The van der Waals surface area contributed by atoms with E-state index in [1.54, 1.807) is 31.4 Å². The first-order chi connectivity index (χ1) is 8.17. The van der Waals surface area contributed by atoms with Crippen molar-refractivity contribution in [2.75, 3.05) is 27.3 Å². The average Bonchev–Trinajstić information content (AvgIpc) is 2.38. The standard InChI is InChI=1S/C12H17NO4/c1-16-10-5-3-9(4-6-10)11(14)7-13-8-12(15)17-2/h3-6,11,13-14H,7-8H2,1-2H3. The third kappa shape index (κ3) is 4.42. The second-order valence-corrected chi connectivity index (χ2v) is 3.50. The fourth-order valence-corrected chi connectivity index (χ4v) is 1.33. The van der Waals surface area contributed by atoms with Gasteiger partial charge in [0.2, 0.25) is 0 Å². The van der Waals surface area contributed by atoms with Crippen LogP contribution in [0.5, 0.6) is 5.75 Å². The first-order valence-corrected chi connectivity index (χ1v) is 5.27. The van der Waals surface area contributed by atoms with E-state index >= 15 is 0 Å². The minimum absolute atomic E-state index is 0.0870. The van der Waals surface area contributed by atoms with Crippen LogP contribution in [0.4, 0.5) is 0 Å². The molecule has 0 aliphatic heterocycles. The van der Waals surface area contributed by atoms with Gasteiger partial charge < -0.3 is 19.9 Å². The number of esters is 1. The number of hydrogen-bond acceptors (Lipinski definition) is 5. The van der Waals surface area contributed by atoms with Crippen molar-refractivity contribution in [3.05, 3.63) is 29.8 Å². The van der Waals surface area contributed by atoms with Gasteiger partial charge in [0, 0.05) is 6.54 Å². The Labute approximate surface area is 100 Å². The fourth-order valence-electron chi connectivity index (χ4n) is 1.33. The van der Waals surface area contributed by atoms with Crippen molar-refractivity contribution < 1.29 is 19.4 Å². The third-order valence-electron chi connectivity index (χ3n) is 2.34. The van der Waals surface area contributed by atoms with Gasteiger partial charge in [-0.1, -0.05) is 12.1 Å². The summed E-state index contributed by atoms with van der Waals surface area (Å²) in [6.45, 7) is 0.380.